The van der Waals surface area contributed by atoms with E-state index in [0.717, 1.165) is 0 Å². The molecule has 0 bridgehead atoms. The number of aliphatic hydroxyl groups is 2. The first-order valence-corrected chi connectivity index (χ1v) is 11.6. The van der Waals surface area contributed by atoms with Crippen molar-refractivity contribution in [3.05, 3.63) is 59.2 Å². The normalized spacial score (nSPS) is 22.3. The van der Waals surface area contributed by atoms with Gasteiger partial charge >= 0.3 is 0 Å². The van der Waals surface area contributed by atoms with Crippen molar-refractivity contribution in [2.24, 2.45) is 0 Å². The molecule has 182 valence electrons. The van der Waals surface area contributed by atoms with Crippen LogP contribution >= 0.6 is 0 Å². The molecule has 2 aromatic heterocycles. The predicted octanol–water partition coefficient (Wildman–Crippen LogP) is 3.62. The van der Waals surface area contributed by atoms with E-state index in [9.17, 15) is 28.6 Å². The zero-order valence-corrected chi connectivity index (χ0v) is 18.6. The molecule has 2 aliphatic rings. The molecule has 0 radical (unpaired) electrons. The Morgan fingerprint density at radius 3 is 2.42 bits per heavy atom. The summed E-state index contributed by atoms with van der Waals surface area (Å²) in [5.74, 6) is -2.28. The number of aromatic amines is 1. The fourth-order valence-corrected chi connectivity index (χ4v) is 5.87. The van der Waals surface area contributed by atoms with Crippen LogP contribution in [0, 0.1) is 11.6 Å². The lowest BCUT2D eigenvalue weighted by Crippen LogP contribution is -2.35. The molecule has 3 aromatic carbocycles. The van der Waals surface area contributed by atoms with E-state index in [4.69, 9.17) is 4.74 Å². The van der Waals surface area contributed by atoms with E-state index >= 15 is 0 Å². The van der Waals surface area contributed by atoms with Gasteiger partial charge in [-0.15, -0.1) is 0 Å². The van der Waals surface area contributed by atoms with Crippen LogP contribution < -0.4 is 5.32 Å². The van der Waals surface area contributed by atoms with Crippen LogP contribution in [0.3, 0.4) is 0 Å². The summed E-state index contributed by atoms with van der Waals surface area (Å²) in [5.41, 5.74) is 2.16. The molecule has 0 aliphatic carbocycles. The van der Waals surface area contributed by atoms with Crippen LogP contribution in [0.1, 0.15) is 39.8 Å². The van der Waals surface area contributed by atoms with Crippen molar-refractivity contribution in [3.63, 3.8) is 0 Å². The highest BCUT2D eigenvalue weighted by atomic mass is 19.1. The number of amides is 2. The summed E-state index contributed by atoms with van der Waals surface area (Å²) in [6.07, 6.45) is -1.71. The molecule has 10 heteroatoms. The van der Waals surface area contributed by atoms with Crippen molar-refractivity contribution in [2.45, 2.75) is 31.3 Å². The second-order valence-electron chi connectivity index (χ2n) is 9.37. The topological polar surface area (TPSA) is 117 Å². The number of nitrogens with zero attached hydrogens (tertiary/aromatic N) is 1. The standard InChI is InChI=1S/C26H19F2N3O5/c27-10-1-3-16-14(5-10)19-21-22(26(35)30-25(21)34)20-15-6-11(28)2-4-17(15)31(24(20)23(19)29-16)18-8-12(33)7-13(9-32)36-18/h1-6,12-13,18,29,32-33H,7-9H2,(H,30,34,35)/t12-,13-,18+/m0/s1. The number of carbonyl (C=O) groups is 2. The van der Waals surface area contributed by atoms with Crippen LogP contribution in [-0.4, -0.2) is 50.4 Å². The Bertz CT molecular complexity index is 1790. The number of carbonyl (C=O) groups excluding carboxylic acids is 2. The van der Waals surface area contributed by atoms with Crippen molar-refractivity contribution in [2.75, 3.05) is 6.61 Å². The predicted molar refractivity (Wildman–Crippen MR) is 127 cm³/mol. The van der Waals surface area contributed by atoms with Gasteiger partial charge in [0.1, 0.15) is 17.9 Å². The summed E-state index contributed by atoms with van der Waals surface area (Å²) >= 11 is 0. The Hall–Kier alpha value is -3.86. The van der Waals surface area contributed by atoms with E-state index < -0.39 is 41.9 Å². The van der Waals surface area contributed by atoms with Gasteiger partial charge in [0.25, 0.3) is 11.8 Å². The first kappa shape index (κ1) is 21.4. The van der Waals surface area contributed by atoms with Crippen molar-refractivity contribution >= 4 is 55.4 Å². The maximum Gasteiger partial charge on any atom is 0.259 e. The minimum Gasteiger partial charge on any atom is -0.394 e. The average Bonchev–Trinajstić information content (AvgIpc) is 3.47. The molecule has 0 spiro atoms. The zero-order valence-electron chi connectivity index (χ0n) is 18.6. The second kappa shape index (κ2) is 7.33. The SMILES string of the molecule is O=C1NC(=O)c2c1c1c3cc(F)ccc3[nH]c1c1c2c2cc(F)ccc2n1[C@H]1C[C@@H](O)C[C@@H](CO)O1. The number of aromatic nitrogens is 2. The number of rotatable bonds is 2. The van der Waals surface area contributed by atoms with Gasteiger partial charge in [-0.3, -0.25) is 14.9 Å². The lowest BCUT2D eigenvalue weighted by atomic mass is 9.96. The molecule has 1 fully saturated rings. The third-order valence-electron chi connectivity index (χ3n) is 7.24. The fourth-order valence-electron chi connectivity index (χ4n) is 5.87. The quantitative estimate of drug-likeness (QED) is 0.282. The molecule has 36 heavy (non-hydrogen) atoms. The van der Waals surface area contributed by atoms with Crippen LogP contribution in [0.15, 0.2) is 36.4 Å². The van der Waals surface area contributed by atoms with E-state index in [-0.39, 0.29) is 30.6 Å². The number of hydrogen-bond acceptors (Lipinski definition) is 5. The first-order valence-electron chi connectivity index (χ1n) is 11.6. The molecule has 5 aromatic rings. The summed E-state index contributed by atoms with van der Waals surface area (Å²) in [7, 11) is 0. The summed E-state index contributed by atoms with van der Waals surface area (Å²) in [6.45, 7) is -0.299. The van der Waals surface area contributed by atoms with Crippen LogP contribution in [0.2, 0.25) is 0 Å². The summed E-state index contributed by atoms with van der Waals surface area (Å²) in [6, 6.07) is 8.26. The highest BCUT2D eigenvalue weighted by molar-refractivity contribution is 6.39. The number of ether oxygens (including phenoxy) is 1. The molecule has 2 amide bonds. The Morgan fingerprint density at radius 2 is 1.67 bits per heavy atom. The lowest BCUT2D eigenvalue weighted by molar-refractivity contribution is -0.138. The van der Waals surface area contributed by atoms with Gasteiger partial charge in [-0.1, -0.05) is 0 Å². The minimum atomic E-state index is -0.763. The number of imide groups is 1. The number of nitrogens with one attached hydrogen (secondary N) is 2. The fraction of sp³-hybridized carbons (Fsp3) is 0.231. The third-order valence-corrected chi connectivity index (χ3v) is 7.24. The van der Waals surface area contributed by atoms with Gasteiger partial charge in [-0.25, -0.2) is 8.78 Å². The van der Waals surface area contributed by atoms with Gasteiger partial charge in [0.15, 0.2) is 0 Å². The van der Waals surface area contributed by atoms with Gasteiger partial charge in [0, 0.05) is 39.9 Å². The Morgan fingerprint density at radius 1 is 0.972 bits per heavy atom. The molecular formula is C26H19F2N3O5. The molecule has 7 rings (SSSR count). The maximum atomic E-state index is 14.5. The van der Waals surface area contributed by atoms with Crippen molar-refractivity contribution < 1.29 is 33.3 Å². The Labute approximate surface area is 201 Å². The summed E-state index contributed by atoms with van der Waals surface area (Å²) in [5, 5.41) is 24.2. The first-order chi connectivity index (χ1) is 17.4. The lowest BCUT2D eigenvalue weighted by Gasteiger charge is -2.34. The van der Waals surface area contributed by atoms with Crippen LogP contribution in [0.25, 0.3) is 43.6 Å². The molecule has 8 nitrogen and oxygen atoms in total. The summed E-state index contributed by atoms with van der Waals surface area (Å²) in [4.78, 5) is 29.4. The highest BCUT2D eigenvalue weighted by Crippen LogP contribution is 2.46. The van der Waals surface area contributed by atoms with Gasteiger partial charge < -0.3 is 24.5 Å². The van der Waals surface area contributed by atoms with Gasteiger partial charge in [-0.05, 0) is 36.4 Å². The molecular weight excluding hydrogens is 472 g/mol. The maximum absolute atomic E-state index is 14.5. The Kier molecular flexibility index (Phi) is 4.36. The molecule has 0 saturated carbocycles. The molecule has 0 unspecified atom stereocenters. The zero-order chi connectivity index (χ0) is 24.9. The summed E-state index contributed by atoms with van der Waals surface area (Å²) < 4.78 is 36.7. The van der Waals surface area contributed by atoms with E-state index in [2.05, 4.69) is 10.3 Å². The number of hydrogen-bond donors (Lipinski definition) is 4. The van der Waals surface area contributed by atoms with Crippen molar-refractivity contribution in [1.29, 1.82) is 0 Å². The number of fused-ring (bicyclic) bond motifs is 10. The van der Waals surface area contributed by atoms with E-state index in [1.807, 2.05) is 0 Å². The minimum absolute atomic E-state index is 0.0806. The monoisotopic (exact) mass is 491 g/mol. The van der Waals surface area contributed by atoms with Crippen LogP contribution in [0.4, 0.5) is 8.78 Å². The van der Waals surface area contributed by atoms with Crippen LogP contribution in [0.5, 0.6) is 0 Å². The largest absolute Gasteiger partial charge is 0.394 e. The number of halogens is 2. The average molecular weight is 491 g/mol. The molecule has 2 aliphatic heterocycles. The molecule has 4 heterocycles. The van der Waals surface area contributed by atoms with Crippen LogP contribution in [-0.2, 0) is 4.74 Å². The molecule has 1 saturated heterocycles. The van der Waals surface area contributed by atoms with Crippen molar-refractivity contribution in [3.8, 4) is 0 Å². The number of benzene rings is 3. The molecule has 4 N–H and O–H groups in total. The highest BCUT2D eigenvalue weighted by Gasteiger charge is 2.38. The van der Waals surface area contributed by atoms with Gasteiger partial charge in [-0.2, -0.15) is 0 Å². The Balaban J connectivity index is 1.72. The second-order valence-corrected chi connectivity index (χ2v) is 9.37. The number of H-pyrrole nitrogens is 1. The van der Waals surface area contributed by atoms with Gasteiger partial charge in [0.2, 0.25) is 0 Å². The smallest absolute Gasteiger partial charge is 0.259 e. The van der Waals surface area contributed by atoms with Gasteiger partial charge in [0.05, 0.1) is 46.5 Å². The van der Waals surface area contributed by atoms with Crippen molar-refractivity contribution in [1.82, 2.24) is 14.9 Å². The number of aliphatic hydroxyl groups excluding tert-OH is 2. The van der Waals surface area contributed by atoms with E-state index in [0.29, 0.717) is 43.6 Å². The van der Waals surface area contributed by atoms with E-state index in [1.165, 1.54) is 24.3 Å². The third kappa shape index (κ3) is 2.77. The van der Waals surface area contributed by atoms with E-state index in [1.54, 1.807) is 16.7 Å². The molecule has 3 atom stereocenters.